The number of aromatic nitrogens is 2. The lowest BCUT2D eigenvalue weighted by Crippen LogP contribution is -2.19. The summed E-state index contributed by atoms with van der Waals surface area (Å²) in [6.07, 6.45) is 5.63. The standard InChI is InChI=1S/C18H22N2OS/c1-21-13-7-12-20-16-11-6-5-10-15(16)18(22)19-17(20)14-8-3-2-4-9-14/h2-4,8-9H,5-7,10-13H2,1H3. The van der Waals surface area contributed by atoms with Crippen LogP contribution in [0.2, 0.25) is 0 Å². The summed E-state index contributed by atoms with van der Waals surface area (Å²) in [6, 6.07) is 10.4. The van der Waals surface area contributed by atoms with Crippen molar-refractivity contribution < 1.29 is 4.74 Å². The fourth-order valence-corrected chi connectivity index (χ4v) is 3.49. The molecule has 1 aromatic heterocycles. The molecule has 0 amide bonds. The molecule has 4 heteroatoms. The molecule has 0 unspecified atom stereocenters. The van der Waals surface area contributed by atoms with Crippen LogP contribution in [0.15, 0.2) is 30.3 Å². The van der Waals surface area contributed by atoms with Gasteiger partial charge in [-0.05, 0) is 32.1 Å². The van der Waals surface area contributed by atoms with Gasteiger partial charge >= 0.3 is 0 Å². The van der Waals surface area contributed by atoms with Gasteiger partial charge in [-0.3, -0.25) is 0 Å². The Bertz CT molecular complexity index is 694. The van der Waals surface area contributed by atoms with Crippen LogP contribution in [0.3, 0.4) is 0 Å². The van der Waals surface area contributed by atoms with E-state index in [1.807, 2.05) is 6.07 Å². The first kappa shape index (κ1) is 15.4. The summed E-state index contributed by atoms with van der Waals surface area (Å²) >= 11 is 5.57. The van der Waals surface area contributed by atoms with E-state index in [1.54, 1.807) is 7.11 Å². The minimum absolute atomic E-state index is 0.769. The molecule has 0 atom stereocenters. The fourth-order valence-electron chi connectivity index (χ4n) is 3.18. The molecule has 0 saturated heterocycles. The third-order valence-corrected chi connectivity index (χ3v) is 4.59. The van der Waals surface area contributed by atoms with E-state index in [4.69, 9.17) is 21.9 Å². The third-order valence-electron chi connectivity index (χ3n) is 4.25. The Balaban J connectivity index is 2.11. The molecular formula is C18H22N2OS. The molecule has 0 saturated carbocycles. The highest BCUT2D eigenvalue weighted by molar-refractivity contribution is 7.71. The molecule has 0 radical (unpaired) electrons. The van der Waals surface area contributed by atoms with Gasteiger partial charge in [0.1, 0.15) is 10.5 Å². The summed E-state index contributed by atoms with van der Waals surface area (Å²) < 4.78 is 8.38. The van der Waals surface area contributed by atoms with Crippen molar-refractivity contribution in [2.24, 2.45) is 0 Å². The Morgan fingerprint density at radius 2 is 1.95 bits per heavy atom. The van der Waals surface area contributed by atoms with E-state index in [-0.39, 0.29) is 0 Å². The second-order valence-electron chi connectivity index (χ2n) is 5.74. The highest BCUT2D eigenvalue weighted by atomic mass is 32.1. The van der Waals surface area contributed by atoms with Crippen LogP contribution >= 0.6 is 12.2 Å². The molecule has 0 fully saturated rings. The number of nitrogens with zero attached hydrogens (tertiary/aromatic N) is 2. The molecule has 0 N–H and O–H groups in total. The molecule has 0 aliphatic heterocycles. The highest BCUT2D eigenvalue weighted by Crippen LogP contribution is 2.27. The van der Waals surface area contributed by atoms with E-state index in [9.17, 15) is 0 Å². The van der Waals surface area contributed by atoms with Crippen molar-refractivity contribution >= 4 is 12.2 Å². The molecule has 1 aromatic carbocycles. The first-order valence-corrected chi connectivity index (χ1v) is 8.39. The summed E-state index contributed by atoms with van der Waals surface area (Å²) in [5.41, 5.74) is 3.82. The zero-order chi connectivity index (χ0) is 15.4. The van der Waals surface area contributed by atoms with Crippen molar-refractivity contribution in [1.82, 2.24) is 9.55 Å². The second kappa shape index (κ2) is 7.16. The van der Waals surface area contributed by atoms with Crippen LogP contribution < -0.4 is 0 Å². The monoisotopic (exact) mass is 314 g/mol. The van der Waals surface area contributed by atoms with Crippen LogP contribution in [-0.4, -0.2) is 23.3 Å². The van der Waals surface area contributed by atoms with Crippen LogP contribution in [0.25, 0.3) is 11.4 Å². The van der Waals surface area contributed by atoms with Gasteiger partial charge in [0.2, 0.25) is 0 Å². The van der Waals surface area contributed by atoms with Crippen LogP contribution in [0.4, 0.5) is 0 Å². The maximum atomic E-state index is 5.57. The van der Waals surface area contributed by atoms with Gasteiger partial charge in [0.15, 0.2) is 0 Å². The Hall–Kier alpha value is -1.52. The molecule has 1 aliphatic rings. The normalized spacial score (nSPS) is 13.9. The quantitative estimate of drug-likeness (QED) is 0.611. The summed E-state index contributed by atoms with van der Waals surface area (Å²) in [7, 11) is 1.75. The van der Waals surface area contributed by atoms with Gasteiger partial charge in [0.25, 0.3) is 0 Å². The van der Waals surface area contributed by atoms with E-state index < -0.39 is 0 Å². The van der Waals surface area contributed by atoms with Crippen LogP contribution in [0.5, 0.6) is 0 Å². The lowest BCUT2D eigenvalue weighted by atomic mass is 9.96. The SMILES string of the molecule is COCCCn1c(-c2ccccc2)nc(=S)c2c1CCCC2. The smallest absolute Gasteiger partial charge is 0.141 e. The van der Waals surface area contributed by atoms with Gasteiger partial charge in [-0.15, -0.1) is 0 Å². The zero-order valence-corrected chi connectivity index (χ0v) is 13.9. The topological polar surface area (TPSA) is 27.1 Å². The van der Waals surface area contributed by atoms with Gasteiger partial charge < -0.3 is 9.30 Å². The highest BCUT2D eigenvalue weighted by Gasteiger charge is 2.18. The second-order valence-corrected chi connectivity index (χ2v) is 6.12. The van der Waals surface area contributed by atoms with Crippen molar-refractivity contribution in [1.29, 1.82) is 0 Å². The zero-order valence-electron chi connectivity index (χ0n) is 13.0. The predicted molar refractivity (Wildman–Crippen MR) is 91.6 cm³/mol. The molecule has 116 valence electrons. The number of ether oxygens (including phenoxy) is 1. The summed E-state index contributed by atoms with van der Waals surface area (Å²) in [5, 5.41) is 0. The van der Waals surface area contributed by atoms with Crippen molar-refractivity contribution in [3.63, 3.8) is 0 Å². The molecule has 3 rings (SSSR count). The Labute approximate surface area is 137 Å². The number of fused-ring (bicyclic) bond motifs is 1. The number of methoxy groups -OCH3 is 1. The van der Waals surface area contributed by atoms with E-state index in [2.05, 4.69) is 28.8 Å². The first-order chi connectivity index (χ1) is 10.8. The lowest BCUT2D eigenvalue weighted by Gasteiger charge is -2.24. The number of hydrogen-bond acceptors (Lipinski definition) is 3. The average Bonchev–Trinajstić information content (AvgIpc) is 2.58. The van der Waals surface area contributed by atoms with Gasteiger partial charge in [-0.1, -0.05) is 42.5 Å². The molecular weight excluding hydrogens is 292 g/mol. The number of rotatable bonds is 5. The predicted octanol–water partition coefficient (Wildman–Crippen LogP) is 4.19. The molecule has 1 heterocycles. The van der Waals surface area contributed by atoms with Gasteiger partial charge in [0.05, 0.1) is 0 Å². The maximum Gasteiger partial charge on any atom is 0.141 e. The van der Waals surface area contributed by atoms with Crippen molar-refractivity contribution in [2.75, 3.05) is 13.7 Å². The van der Waals surface area contributed by atoms with Gasteiger partial charge in [-0.2, -0.15) is 0 Å². The van der Waals surface area contributed by atoms with E-state index >= 15 is 0 Å². The van der Waals surface area contributed by atoms with Crippen molar-refractivity contribution in [2.45, 2.75) is 38.6 Å². The molecule has 1 aliphatic carbocycles. The van der Waals surface area contributed by atoms with Gasteiger partial charge in [0, 0.05) is 37.1 Å². The number of hydrogen-bond donors (Lipinski definition) is 0. The van der Waals surface area contributed by atoms with E-state index in [0.717, 1.165) is 48.4 Å². The molecule has 22 heavy (non-hydrogen) atoms. The molecule has 0 bridgehead atoms. The van der Waals surface area contributed by atoms with E-state index in [0.29, 0.717) is 0 Å². The largest absolute Gasteiger partial charge is 0.385 e. The van der Waals surface area contributed by atoms with Crippen LogP contribution in [0, 0.1) is 4.64 Å². The third kappa shape index (κ3) is 3.13. The summed E-state index contributed by atoms with van der Waals surface area (Å²) in [6.45, 7) is 1.70. The van der Waals surface area contributed by atoms with Crippen LogP contribution in [0.1, 0.15) is 30.5 Å². The average molecular weight is 314 g/mol. The van der Waals surface area contributed by atoms with Crippen molar-refractivity contribution in [3.05, 3.63) is 46.2 Å². The van der Waals surface area contributed by atoms with E-state index in [1.165, 1.54) is 24.1 Å². The summed E-state index contributed by atoms with van der Waals surface area (Å²) in [4.78, 5) is 4.77. The molecule has 3 nitrogen and oxygen atoms in total. The maximum absolute atomic E-state index is 5.57. The summed E-state index contributed by atoms with van der Waals surface area (Å²) in [5.74, 6) is 1.00. The van der Waals surface area contributed by atoms with Crippen molar-refractivity contribution in [3.8, 4) is 11.4 Å². The van der Waals surface area contributed by atoms with Gasteiger partial charge in [-0.25, -0.2) is 4.98 Å². The first-order valence-electron chi connectivity index (χ1n) is 7.98. The molecule has 2 aromatic rings. The van der Waals surface area contributed by atoms with Crippen LogP contribution in [-0.2, 0) is 24.1 Å². The molecule has 0 spiro atoms. The fraction of sp³-hybridized carbons (Fsp3) is 0.444. The minimum atomic E-state index is 0.769. The lowest BCUT2D eigenvalue weighted by molar-refractivity contribution is 0.190. The Morgan fingerprint density at radius 3 is 2.73 bits per heavy atom. The minimum Gasteiger partial charge on any atom is -0.385 e. The Kier molecular flexibility index (Phi) is 5.01. The number of benzene rings is 1. The Morgan fingerprint density at radius 1 is 1.18 bits per heavy atom.